The monoisotopic (exact) mass is 627 g/mol. The third-order valence-corrected chi connectivity index (χ3v) is 9.63. The van der Waals surface area contributed by atoms with Crippen molar-refractivity contribution in [3.8, 4) is 5.75 Å². The van der Waals surface area contributed by atoms with Crippen LogP contribution in [0.4, 0.5) is 5.69 Å². The summed E-state index contributed by atoms with van der Waals surface area (Å²) in [5.74, 6) is -0.282. The fourth-order valence-corrected chi connectivity index (χ4v) is 6.38. The van der Waals surface area contributed by atoms with Gasteiger partial charge in [0.05, 0.1) is 17.7 Å². The van der Waals surface area contributed by atoms with E-state index in [-0.39, 0.29) is 29.8 Å². The Bertz CT molecular complexity index is 1660. The Morgan fingerprint density at radius 3 is 2.04 bits per heavy atom. The molecule has 0 radical (unpaired) electrons. The average molecular weight is 628 g/mol. The molecule has 0 aliphatic heterocycles. The van der Waals surface area contributed by atoms with Crippen LogP contribution in [0.3, 0.4) is 0 Å². The van der Waals surface area contributed by atoms with E-state index in [1.54, 1.807) is 42.5 Å². The van der Waals surface area contributed by atoms with Gasteiger partial charge in [0.2, 0.25) is 11.8 Å². The summed E-state index contributed by atoms with van der Waals surface area (Å²) in [4.78, 5) is 30.0. The molecular weight excluding hydrogens is 586 g/mol. The molecule has 9 heteroatoms. The standard InChI is InChI=1S/C36H41N3O5S/c1-5-28(3)37-36(41)34(24-29-15-8-6-9-16-29)38(25-30-17-13-12-14-27(30)2)35(40)26-39(31-18-10-7-11-19-31)45(42,43)33-22-20-32(44-4)21-23-33/h6-23,28,34H,5,24-26H2,1-4H3,(H,37,41). The van der Waals surface area contributed by atoms with E-state index in [1.807, 2.05) is 75.4 Å². The lowest BCUT2D eigenvalue weighted by molar-refractivity contribution is -0.140. The zero-order valence-corrected chi connectivity index (χ0v) is 27.0. The van der Waals surface area contributed by atoms with Crippen LogP contribution >= 0.6 is 0 Å². The van der Waals surface area contributed by atoms with Gasteiger partial charge in [-0.25, -0.2) is 8.42 Å². The van der Waals surface area contributed by atoms with Gasteiger partial charge in [0, 0.05) is 19.0 Å². The topological polar surface area (TPSA) is 96.0 Å². The number of sulfonamides is 1. The van der Waals surface area contributed by atoms with Crippen molar-refractivity contribution >= 4 is 27.5 Å². The number of hydrogen-bond acceptors (Lipinski definition) is 5. The maximum atomic E-state index is 14.5. The molecule has 1 N–H and O–H groups in total. The summed E-state index contributed by atoms with van der Waals surface area (Å²) >= 11 is 0. The van der Waals surface area contributed by atoms with E-state index in [2.05, 4.69) is 5.32 Å². The molecule has 4 rings (SSSR count). The van der Waals surface area contributed by atoms with E-state index in [0.29, 0.717) is 11.4 Å². The molecule has 2 atom stereocenters. The van der Waals surface area contributed by atoms with E-state index in [0.717, 1.165) is 27.4 Å². The fourth-order valence-electron chi connectivity index (χ4n) is 4.96. The second-order valence-corrected chi connectivity index (χ2v) is 12.9. The quantitative estimate of drug-likeness (QED) is 0.192. The summed E-state index contributed by atoms with van der Waals surface area (Å²) in [6.45, 7) is 5.47. The van der Waals surface area contributed by atoms with E-state index in [4.69, 9.17) is 4.74 Å². The van der Waals surface area contributed by atoms with E-state index in [1.165, 1.54) is 24.1 Å². The number of methoxy groups -OCH3 is 1. The summed E-state index contributed by atoms with van der Waals surface area (Å²) in [6, 6.07) is 30.8. The number of nitrogens with zero attached hydrogens (tertiary/aromatic N) is 2. The number of nitrogens with one attached hydrogen (secondary N) is 1. The van der Waals surface area contributed by atoms with Gasteiger partial charge in [-0.15, -0.1) is 0 Å². The Balaban J connectivity index is 1.79. The zero-order valence-electron chi connectivity index (χ0n) is 26.2. The van der Waals surface area contributed by atoms with Crippen molar-refractivity contribution in [1.29, 1.82) is 0 Å². The number of carbonyl (C=O) groups is 2. The maximum absolute atomic E-state index is 14.5. The van der Waals surface area contributed by atoms with Crippen molar-refractivity contribution in [2.45, 2.75) is 57.1 Å². The molecule has 0 saturated heterocycles. The largest absolute Gasteiger partial charge is 0.497 e. The predicted octanol–water partition coefficient (Wildman–Crippen LogP) is 5.75. The fraction of sp³-hybridized carbons (Fsp3) is 0.278. The number of ether oxygens (including phenoxy) is 1. The van der Waals surface area contributed by atoms with Gasteiger partial charge in [-0.3, -0.25) is 13.9 Å². The lowest BCUT2D eigenvalue weighted by Crippen LogP contribution is -2.54. The number of amides is 2. The second-order valence-electron chi connectivity index (χ2n) is 11.0. The third kappa shape index (κ3) is 8.51. The molecule has 0 fully saturated rings. The van der Waals surface area contributed by atoms with Crippen molar-refractivity contribution < 1.29 is 22.7 Å². The second kappa shape index (κ2) is 15.4. The van der Waals surface area contributed by atoms with Crippen LogP contribution in [-0.4, -0.2) is 50.9 Å². The van der Waals surface area contributed by atoms with Gasteiger partial charge in [-0.2, -0.15) is 0 Å². The van der Waals surface area contributed by atoms with Gasteiger partial charge in [-0.05, 0) is 73.4 Å². The highest BCUT2D eigenvalue weighted by molar-refractivity contribution is 7.92. The minimum Gasteiger partial charge on any atom is -0.497 e. The molecule has 0 aliphatic rings. The number of rotatable bonds is 14. The number of carbonyl (C=O) groups excluding carboxylic acids is 2. The molecule has 0 saturated carbocycles. The van der Waals surface area contributed by atoms with Crippen molar-refractivity contribution in [2.75, 3.05) is 18.0 Å². The highest BCUT2D eigenvalue weighted by Gasteiger charge is 2.35. The number of aryl methyl sites for hydroxylation is 1. The SMILES string of the molecule is CCC(C)NC(=O)C(Cc1ccccc1)N(Cc1ccccc1C)C(=O)CN(c1ccccc1)S(=O)(=O)c1ccc(OC)cc1. The molecule has 2 unspecified atom stereocenters. The average Bonchev–Trinajstić information content (AvgIpc) is 3.06. The van der Waals surface area contributed by atoms with Crippen LogP contribution in [0.1, 0.15) is 37.0 Å². The van der Waals surface area contributed by atoms with Gasteiger partial charge in [0.25, 0.3) is 10.0 Å². The number of benzene rings is 4. The van der Waals surface area contributed by atoms with Gasteiger partial charge < -0.3 is 15.0 Å². The molecule has 236 valence electrons. The molecule has 2 amide bonds. The molecule has 0 aromatic heterocycles. The molecule has 0 aliphatic carbocycles. The summed E-state index contributed by atoms with van der Waals surface area (Å²) in [5, 5.41) is 3.06. The molecule has 0 heterocycles. The number of para-hydroxylation sites is 1. The van der Waals surface area contributed by atoms with Crippen LogP contribution in [0, 0.1) is 6.92 Å². The Kier molecular flexibility index (Phi) is 11.4. The molecule has 8 nitrogen and oxygen atoms in total. The third-order valence-electron chi connectivity index (χ3n) is 7.84. The van der Waals surface area contributed by atoms with Gasteiger partial charge >= 0.3 is 0 Å². The summed E-state index contributed by atoms with van der Waals surface area (Å²) in [7, 11) is -2.68. The van der Waals surface area contributed by atoms with E-state index in [9.17, 15) is 18.0 Å². The molecule has 4 aromatic rings. The van der Waals surface area contributed by atoms with E-state index < -0.39 is 28.5 Å². The first-order valence-corrected chi connectivity index (χ1v) is 16.5. The normalized spacial score (nSPS) is 12.5. The number of hydrogen-bond donors (Lipinski definition) is 1. The summed E-state index contributed by atoms with van der Waals surface area (Å²) in [5.41, 5.74) is 3.04. The summed E-state index contributed by atoms with van der Waals surface area (Å²) < 4.78 is 34.6. The van der Waals surface area contributed by atoms with Crippen molar-refractivity contribution in [2.24, 2.45) is 0 Å². The van der Waals surface area contributed by atoms with Crippen molar-refractivity contribution in [3.05, 3.63) is 126 Å². The first-order valence-electron chi connectivity index (χ1n) is 15.0. The van der Waals surface area contributed by atoms with E-state index >= 15 is 0 Å². The van der Waals surface area contributed by atoms with Gasteiger partial charge in [0.15, 0.2) is 0 Å². The smallest absolute Gasteiger partial charge is 0.264 e. The molecule has 4 aromatic carbocycles. The Labute approximate surface area is 266 Å². The van der Waals surface area contributed by atoms with Crippen LogP contribution in [0.25, 0.3) is 0 Å². The van der Waals surface area contributed by atoms with Crippen LogP contribution in [0.2, 0.25) is 0 Å². The Morgan fingerprint density at radius 1 is 0.844 bits per heavy atom. The van der Waals surface area contributed by atoms with Crippen LogP contribution in [-0.2, 0) is 32.6 Å². The minimum atomic E-state index is -4.19. The number of anilines is 1. The lowest BCUT2D eigenvalue weighted by atomic mass is 10.0. The highest BCUT2D eigenvalue weighted by Crippen LogP contribution is 2.26. The van der Waals surface area contributed by atoms with Gasteiger partial charge in [-0.1, -0.05) is 79.7 Å². The Morgan fingerprint density at radius 2 is 1.44 bits per heavy atom. The van der Waals surface area contributed by atoms with Crippen molar-refractivity contribution in [1.82, 2.24) is 10.2 Å². The molecule has 45 heavy (non-hydrogen) atoms. The summed E-state index contributed by atoms with van der Waals surface area (Å²) in [6.07, 6.45) is 0.981. The first kappa shape index (κ1) is 33.3. The van der Waals surface area contributed by atoms with Crippen LogP contribution in [0.15, 0.2) is 114 Å². The van der Waals surface area contributed by atoms with Crippen molar-refractivity contribution in [3.63, 3.8) is 0 Å². The van der Waals surface area contributed by atoms with Crippen LogP contribution in [0.5, 0.6) is 5.75 Å². The Hall–Kier alpha value is -4.63. The minimum absolute atomic E-state index is 0.0146. The zero-order chi connectivity index (χ0) is 32.4. The first-order chi connectivity index (χ1) is 21.6. The maximum Gasteiger partial charge on any atom is 0.264 e. The van der Waals surface area contributed by atoms with Gasteiger partial charge in [0.1, 0.15) is 18.3 Å². The molecule has 0 spiro atoms. The predicted molar refractivity (Wildman–Crippen MR) is 178 cm³/mol. The molecular formula is C36H41N3O5S. The lowest BCUT2D eigenvalue weighted by Gasteiger charge is -2.34. The molecule has 0 bridgehead atoms. The van der Waals surface area contributed by atoms with Crippen LogP contribution < -0.4 is 14.4 Å². The highest BCUT2D eigenvalue weighted by atomic mass is 32.2.